The van der Waals surface area contributed by atoms with Crippen LogP contribution >= 0.6 is 0 Å². The van der Waals surface area contributed by atoms with Gasteiger partial charge in [-0.3, -0.25) is 4.79 Å². The van der Waals surface area contributed by atoms with E-state index < -0.39 is 15.6 Å². The number of sulfonamides is 1. The predicted molar refractivity (Wildman–Crippen MR) is 137 cm³/mol. The molecule has 2 aromatic carbocycles. The molecule has 0 saturated heterocycles. The van der Waals surface area contributed by atoms with Crippen molar-refractivity contribution in [2.45, 2.75) is 51.1 Å². The zero-order valence-electron chi connectivity index (χ0n) is 20.0. The second kappa shape index (κ2) is 9.71. The first-order valence-corrected chi connectivity index (χ1v) is 13.1. The van der Waals surface area contributed by atoms with Gasteiger partial charge in [0.05, 0.1) is 11.2 Å². The average Bonchev–Trinajstić information content (AvgIpc) is 2.82. The first-order valence-electron chi connectivity index (χ1n) is 11.6. The summed E-state index contributed by atoms with van der Waals surface area (Å²) in [5.74, 6) is 0.162. The van der Waals surface area contributed by atoms with Gasteiger partial charge in [0, 0.05) is 24.0 Å². The number of aromatic nitrogens is 1. The van der Waals surface area contributed by atoms with E-state index in [-0.39, 0.29) is 40.4 Å². The molecule has 0 aliphatic carbocycles. The molecule has 0 amide bonds. The highest BCUT2D eigenvalue weighted by Crippen LogP contribution is 2.34. The van der Waals surface area contributed by atoms with Crippen molar-refractivity contribution in [3.05, 3.63) is 58.4 Å². The Hall–Kier alpha value is -3.37. The van der Waals surface area contributed by atoms with E-state index in [2.05, 4.69) is 23.6 Å². The fourth-order valence-electron chi connectivity index (χ4n) is 3.87. The molecule has 35 heavy (non-hydrogen) atoms. The van der Waals surface area contributed by atoms with Crippen molar-refractivity contribution < 1.29 is 18.3 Å². The highest BCUT2D eigenvalue weighted by molar-refractivity contribution is 7.90. The maximum atomic E-state index is 13.5. The van der Waals surface area contributed by atoms with E-state index in [1.807, 2.05) is 6.92 Å². The maximum Gasteiger partial charge on any atom is 0.286 e. The number of rotatable bonds is 8. The summed E-state index contributed by atoms with van der Waals surface area (Å²) in [6.45, 7) is 6.71. The van der Waals surface area contributed by atoms with Gasteiger partial charge in [0.15, 0.2) is 5.84 Å². The minimum absolute atomic E-state index is 0.0794. The van der Waals surface area contributed by atoms with E-state index in [9.17, 15) is 18.3 Å². The van der Waals surface area contributed by atoms with Crippen molar-refractivity contribution in [3.63, 3.8) is 0 Å². The van der Waals surface area contributed by atoms with E-state index >= 15 is 0 Å². The largest absolute Gasteiger partial charge is 0.506 e. The molecule has 0 spiro atoms. The molecule has 1 atom stereocenters. The average molecular weight is 499 g/mol. The Balaban J connectivity index is 1.80. The number of hydrogen-bond acceptors (Lipinski definition) is 7. The Bertz CT molecular complexity index is 1460. The van der Waals surface area contributed by atoms with Crippen molar-refractivity contribution in [2.75, 3.05) is 11.9 Å². The molecule has 9 nitrogen and oxygen atoms in total. The number of hydrogen-bond donors (Lipinski definition) is 3. The smallest absolute Gasteiger partial charge is 0.286 e. The summed E-state index contributed by atoms with van der Waals surface area (Å²) in [6.07, 6.45) is 1.46. The summed E-state index contributed by atoms with van der Waals surface area (Å²) in [7, 11) is -4.18. The molecule has 1 aliphatic heterocycles. The molecular formula is C25H30N4O5S. The summed E-state index contributed by atoms with van der Waals surface area (Å²) in [4.78, 5) is 13.4. The van der Waals surface area contributed by atoms with Crippen LogP contribution in [0.5, 0.6) is 11.5 Å². The number of anilines is 1. The monoisotopic (exact) mass is 498 g/mol. The third kappa shape index (κ3) is 4.89. The maximum absolute atomic E-state index is 13.5. The van der Waals surface area contributed by atoms with Crippen LogP contribution in [0.25, 0.3) is 10.9 Å². The number of aryl methyl sites for hydroxylation is 1. The fraction of sp³-hybridized carbons (Fsp3) is 0.360. The summed E-state index contributed by atoms with van der Waals surface area (Å²) in [5.41, 5.74) is 6.00. The lowest BCUT2D eigenvalue weighted by molar-refractivity contribution is 0.285. The molecule has 0 saturated carbocycles. The fourth-order valence-corrected chi connectivity index (χ4v) is 5.01. The van der Waals surface area contributed by atoms with Crippen LogP contribution < -0.4 is 21.3 Å². The minimum atomic E-state index is -4.18. The number of ether oxygens (including phenoxy) is 1. The van der Waals surface area contributed by atoms with Gasteiger partial charge in [0.1, 0.15) is 28.6 Å². The van der Waals surface area contributed by atoms with Gasteiger partial charge in [0.25, 0.3) is 15.6 Å². The van der Waals surface area contributed by atoms with Gasteiger partial charge in [-0.05, 0) is 43.0 Å². The first-order chi connectivity index (χ1) is 16.6. The molecular weight excluding hydrogens is 468 g/mol. The Morgan fingerprint density at radius 2 is 1.94 bits per heavy atom. The first kappa shape index (κ1) is 24.7. The van der Waals surface area contributed by atoms with Gasteiger partial charge >= 0.3 is 0 Å². The second-order valence-electron chi connectivity index (χ2n) is 9.06. The predicted octanol–water partition coefficient (Wildman–Crippen LogP) is 3.43. The molecule has 4 N–H and O–H groups in total. The number of fused-ring (bicyclic) bond motifs is 2. The topological polar surface area (TPSA) is 136 Å². The third-order valence-corrected chi connectivity index (χ3v) is 7.31. The Morgan fingerprint density at radius 3 is 2.66 bits per heavy atom. The summed E-state index contributed by atoms with van der Waals surface area (Å²) < 4.78 is 37.2. The number of amidine groups is 1. The number of nitrogens with one attached hydrogen (secondary N) is 1. The van der Waals surface area contributed by atoms with Crippen LogP contribution in [-0.2, 0) is 16.6 Å². The van der Waals surface area contributed by atoms with Gasteiger partial charge < -0.3 is 25.5 Å². The number of benzene rings is 2. The lowest BCUT2D eigenvalue weighted by Gasteiger charge is -2.21. The molecule has 4 rings (SSSR count). The van der Waals surface area contributed by atoms with Crippen LogP contribution in [0.1, 0.15) is 39.2 Å². The Labute approximate surface area is 204 Å². The van der Waals surface area contributed by atoms with E-state index in [1.165, 1.54) is 6.07 Å². The van der Waals surface area contributed by atoms with Gasteiger partial charge in [-0.2, -0.15) is 8.42 Å². The quantitative estimate of drug-likeness (QED) is 0.433. The molecule has 10 heteroatoms. The van der Waals surface area contributed by atoms with E-state index in [0.29, 0.717) is 29.1 Å². The number of pyridine rings is 1. The van der Waals surface area contributed by atoms with Gasteiger partial charge in [-0.25, -0.2) is 0 Å². The molecule has 186 valence electrons. The highest BCUT2D eigenvalue weighted by atomic mass is 32.2. The van der Waals surface area contributed by atoms with Gasteiger partial charge in [-0.15, -0.1) is 4.40 Å². The SMILES string of the molecule is CC[C@@H](N)COc1ccc2c(c1)S(=O)(=O)N=C(c1c(O)c3ccccc3n(CCC(C)C)c1=O)N2. The van der Waals surface area contributed by atoms with Crippen molar-refractivity contribution in [3.8, 4) is 11.5 Å². The number of para-hydroxylation sites is 1. The third-order valence-electron chi connectivity index (χ3n) is 6.00. The van der Waals surface area contributed by atoms with E-state index in [0.717, 1.165) is 12.8 Å². The van der Waals surface area contributed by atoms with Crippen LogP contribution in [0.15, 0.2) is 56.6 Å². The summed E-state index contributed by atoms with van der Waals surface area (Å²) in [6, 6.07) is 11.4. The normalized spacial score (nSPS) is 15.4. The molecule has 3 aromatic rings. The minimum Gasteiger partial charge on any atom is -0.506 e. The van der Waals surface area contributed by atoms with Gasteiger partial charge in [-0.1, -0.05) is 32.9 Å². The van der Waals surface area contributed by atoms with Crippen LogP contribution in [0.4, 0.5) is 5.69 Å². The summed E-state index contributed by atoms with van der Waals surface area (Å²) >= 11 is 0. The molecule has 0 unspecified atom stereocenters. The van der Waals surface area contributed by atoms with Crippen molar-refractivity contribution in [2.24, 2.45) is 16.0 Å². The highest BCUT2D eigenvalue weighted by Gasteiger charge is 2.30. The van der Waals surface area contributed by atoms with Crippen LogP contribution in [0, 0.1) is 5.92 Å². The van der Waals surface area contributed by atoms with E-state index in [1.54, 1.807) is 41.0 Å². The van der Waals surface area contributed by atoms with Crippen molar-refractivity contribution in [1.29, 1.82) is 0 Å². The van der Waals surface area contributed by atoms with Crippen LogP contribution in [-0.4, -0.2) is 36.6 Å². The summed E-state index contributed by atoms with van der Waals surface area (Å²) in [5, 5.41) is 14.4. The standard InChI is InChI=1S/C25H30N4O5S/c1-4-16(26)14-34-17-9-10-19-21(13-17)35(32,33)28-24(27-19)22-23(30)18-7-5-6-8-20(18)29(25(22)31)12-11-15(2)3/h5-10,13,15-16,30H,4,11-12,14,26H2,1-3H3,(H,27,28)/t16-/m1/s1. The zero-order valence-corrected chi connectivity index (χ0v) is 20.8. The molecule has 0 bridgehead atoms. The molecule has 0 radical (unpaired) electrons. The molecule has 1 aliphatic rings. The lowest BCUT2D eigenvalue weighted by Crippen LogP contribution is -2.33. The number of aromatic hydroxyl groups is 1. The number of nitrogens with zero attached hydrogens (tertiary/aromatic N) is 2. The van der Waals surface area contributed by atoms with Crippen LogP contribution in [0.3, 0.4) is 0 Å². The molecule has 2 heterocycles. The van der Waals surface area contributed by atoms with Gasteiger partial charge in [0.2, 0.25) is 0 Å². The molecule has 1 aromatic heterocycles. The second-order valence-corrected chi connectivity index (χ2v) is 10.6. The van der Waals surface area contributed by atoms with E-state index in [4.69, 9.17) is 10.5 Å². The zero-order chi connectivity index (χ0) is 25.3. The molecule has 0 fully saturated rings. The Kier molecular flexibility index (Phi) is 6.86. The van der Waals surface area contributed by atoms with Crippen molar-refractivity contribution in [1.82, 2.24) is 4.57 Å². The van der Waals surface area contributed by atoms with Crippen LogP contribution in [0.2, 0.25) is 0 Å². The lowest BCUT2D eigenvalue weighted by atomic mass is 10.1. The Morgan fingerprint density at radius 1 is 1.20 bits per heavy atom. The van der Waals surface area contributed by atoms with Crippen molar-refractivity contribution >= 4 is 32.4 Å². The number of nitrogens with two attached hydrogens (primary N) is 1.